The number of oxime groups is 1. The van der Waals surface area contributed by atoms with Crippen molar-refractivity contribution >= 4 is 5.71 Å². The lowest BCUT2D eigenvalue weighted by Gasteiger charge is -2.03. The number of fused-ring (bicyclic) bond motifs is 1. The third-order valence-electron chi connectivity index (χ3n) is 3.19. The van der Waals surface area contributed by atoms with Gasteiger partial charge >= 0.3 is 0 Å². The van der Waals surface area contributed by atoms with E-state index in [0.717, 1.165) is 35.7 Å². The predicted molar refractivity (Wildman–Crippen MR) is 73.9 cm³/mol. The van der Waals surface area contributed by atoms with Crippen LogP contribution < -0.4 is 4.74 Å². The minimum atomic E-state index is 0.284. The van der Waals surface area contributed by atoms with Gasteiger partial charge in [0, 0.05) is 12.5 Å². The Morgan fingerprint density at radius 2 is 2.30 bits per heavy atom. The van der Waals surface area contributed by atoms with Gasteiger partial charge in [0.25, 0.3) is 0 Å². The van der Waals surface area contributed by atoms with Crippen LogP contribution in [0.3, 0.4) is 0 Å². The van der Waals surface area contributed by atoms with Crippen LogP contribution in [0.4, 0.5) is 0 Å². The number of aromatic nitrogens is 1. The first-order valence-corrected chi connectivity index (χ1v) is 6.57. The first-order chi connectivity index (χ1) is 9.72. The summed E-state index contributed by atoms with van der Waals surface area (Å²) >= 11 is 0. The molecule has 5 nitrogen and oxygen atoms in total. The second-order valence-electron chi connectivity index (χ2n) is 4.81. The standard InChI is InChI=1S/C15H16N2O3/c1-10-7-14(20-16-10)9-19-17-11(2)12-3-4-15-13(8-12)5-6-18-15/h3-4,7-8H,5-6,9H2,1-2H3. The van der Waals surface area contributed by atoms with E-state index < -0.39 is 0 Å². The molecule has 0 saturated carbocycles. The minimum absolute atomic E-state index is 0.284. The van der Waals surface area contributed by atoms with E-state index in [4.69, 9.17) is 14.1 Å². The fourth-order valence-electron chi connectivity index (χ4n) is 2.14. The number of hydrogen-bond acceptors (Lipinski definition) is 5. The second kappa shape index (κ2) is 5.36. The molecule has 104 valence electrons. The molecule has 0 bridgehead atoms. The van der Waals surface area contributed by atoms with Crippen molar-refractivity contribution in [1.29, 1.82) is 0 Å². The highest BCUT2D eigenvalue weighted by Gasteiger charge is 2.13. The van der Waals surface area contributed by atoms with E-state index in [1.165, 1.54) is 5.56 Å². The molecule has 1 aromatic carbocycles. The molecule has 1 aliphatic heterocycles. The Hall–Kier alpha value is -2.30. The zero-order valence-electron chi connectivity index (χ0n) is 11.5. The molecule has 5 heteroatoms. The molecule has 0 N–H and O–H groups in total. The molecule has 0 fully saturated rings. The number of aryl methyl sites for hydroxylation is 1. The zero-order chi connectivity index (χ0) is 13.9. The van der Waals surface area contributed by atoms with Crippen LogP contribution in [0, 0.1) is 6.92 Å². The van der Waals surface area contributed by atoms with E-state index >= 15 is 0 Å². The summed E-state index contributed by atoms with van der Waals surface area (Å²) in [4.78, 5) is 5.29. The third-order valence-corrected chi connectivity index (χ3v) is 3.19. The smallest absolute Gasteiger partial charge is 0.177 e. The van der Waals surface area contributed by atoms with Gasteiger partial charge in [0.2, 0.25) is 0 Å². The van der Waals surface area contributed by atoms with Crippen molar-refractivity contribution in [2.45, 2.75) is 26.9 Å². The highest BCUT2D eigenvalue weighted by Crippen LogP contribution is 2.26. The quantitative estimate of drug-likeness (QED) is 0.634. The number of hydrogen-bond donors (Lipinski definition) is 0. The molecule has 0 spiro atoms. The molecule has 0 saturated heterocycles. The lowest BCUT2D eigenvalue weighted by Crippen LogP contribution is -1.97. The molecule has 1 aromatic heterocycles. The van der Waals surface area contributed by atoms with Crippen molar-refractivity contribution in [3.8, 4) is 5.75 Å². The topological polar surface area (TPSA) is 56.9 Å². The average Bonchev–Trinajstić information content (AvgIpc) is 3.06. The van der Waals surface area contributed by atoms with E-state index in [1.807, 2.05) is 32.0 Å². The maximum atomic E-state index is 5.48. The summed E-state index contributed by atoms with van der Waals surface area (Å²) < 4.78 is 10.5. The average molecular weight is 272 g/mol. The van der Waals surface area contributed by atoms with Crippen LogP contribution in [0.5, 0.6) is 5.75 Å². The van der Waals surface area contributed by atoms with E-state index in [2.05, 4.69) is 16.4 Å². The number of benzene rings is 1. The van der Waals surface area contributed by atoms with Gasteiger partial charge in [-0.05, 0) is 43.2 Å². The van der Waals surface area contributed by atoms with E-state index in [9.17, 15) is 0 Å². The molecule has 1 aliphatic rings. The zero-order valence-corrected chi connectivity index (χ0v) is 11.5. The fraction of sp³-hybridized carbons (Fsp3) is 0.333. The predicted octanol–water partition coefficient (Wildman–Crippen LogP) is 2.86. The van der Waals surface area contributed by atoms with E-state index in [0.29, 0.717) is 5.76 Å². The summed E-state index contributed by atoms with van der Waals surface area (Å²) in [6.45, 7) is 4.83. The summed E-state index contributed by atoms with van der Waals surface area (Å²) in [5, 5.41) is 7.91. The second-order valence-corrected chi connectivity index (χ2v) is 4.81. The molecule has 0 unspecified atom stereocenters. The lowest BCUT2D eigenvalue weighted by molar-refractivity contribution is 0.109. The summed E-state index contributed by atoms with van der Waals surface area (Å²) in [7, 11) is 0. The molecule has 2 heterocycles. The van der Waals surface area contributed by atoms with Gasteiger partial charge in [-0.15, -0.1) is 0 Å². The first kappa shape index (κ1) is 12.7. The van der Waals surface area contributed by atoms with Gasteiger partial charge in [0.1, 0.15) is 5.75 Å². The molecule has 2 aromatic rings. The highest BCUT2D eigenvalue weighted by molar-refractivity contribution is 5.98. The van der Waals surface area contributed by atoms with Crippen LogP contribution in [-0.4, -0.2) is 17.5 Å². The van der Waals surface area contributed by atoms with E-state index in [1.54, 1.807) is 0 Å². The van der Waals surface area contributed by atoms with Crippen LogP contribution in [-0.2, 0) is 17.9 Å². The largest absolute Gasteiger partial charge is 0.493 e. The number of rotatable bonds is 4. The van der Waals surface area contributed by atoms with Crippen LogP contribution in [0.25, 0.3) is 0 Å². The van der Waals surface area contributed by atoms with Crippen LogP contribution in [0.2, 0.25) is 0 Å². The summed E-state index contributed by atoms with van der Waals surface area (Å²) in [5.41, 5.74) is 3.93. The maximum Gasteiger partial charge on any atom is 0.177 e. The molecule has 0 radical (unpaired) electrons. The van der Waals surface area contributed by atoms with Gasteiger partial charge in [-0.1, -0.05) is 10.3 Å². The SMILES string of the molecule is CC(=NOCc1cc(C)no1)c1ccc2c(c1)CCO2. The van der Waals surface area contributed by atoms with Gasteiger partial charge in [0.05, 0.1) is 18.0 Å². The Labute approximate surface area is 117 Å². The number of nitrogens with zero attached hydrogens (tertiary/aromatic N) is 2. The van der Waals surface area contributed by atoms with Gasteiger partial charge in [-0.25, -0.2) is 0 Å². The Morgan fingerprint density at radius 3 is 3.10 bits per heavy atom. The summed E-state index contributed by atoms with van der Waals surface area (Å²) in [5.74, 6) is 1.64. The molecular weight excluding hydrogens is 256 g/mol. The van der Waals surface area contributed by atoms with Crippen LogP contribution >= 0.6 is 0 Å². The monoisotopic (exact) mass is 272 g/mol. The van der Waals surface area contributed by atoms with Crippen molar-refractivity contribution in [3.05, 3.63) is 46.8 Å². The Balaban J connectivity index is 1.65. The summed E-state index contributed by atoms with van der Waals surface area (Å²) in [6.07, 6.45) is 0.953. The molecule has 0 atom stereocenters. The highest BCUT2D eigenvalue weighted by atomic mass is 16.6. The van der Waals surface area contributed by atoms with Gasteiger partial charge in [-0.3, -0.25) is 0 Å². The normalized spacial score (nSPS) is 14.0. The molecule has 0 amide bonds. The molecular formula is C15H16N2O3. The van der Waals surface area contributed by atoms with Gasteiger partial charge in [-0.2, -0.15) is 0 Å². The minimum Gasteiger partial charge on any atom is -0.493 e. The molecule has 20 heavy (non-hydrogen) atoms. The van der Waals surface area contributed by atoms with Crippen molar-refractivity contribution in [3.63, 3.8) is 0 Å². The van der Waals surface area contributed by atoms with Crippen molar-refractivity contribution < 1.29 is 14.1 Å². The lowest BCUT2D eigenvalue weighted by atomic mass is 10.1. The Morgan fingerprint density at radius 1 is 1.40 bits per heavy atom. The van der Waals surface area contributed by atoms with Crippen molar-refractivity contribution in [1.82, 2.24) is 5.16 Å². The molecule has 3 rings (SSSR count). The van der Waals surface area contributed by atoms with Gasteiger partial charge in [0.15, 0.2) is 12.4 Å². The van der Waals surface area contributed by atoms with E-state index in [-0.39, 0.29) is 6.61 Å². The Bertz CT molecular complexity index is 646. The Kier molecular flexibility index (Phi) is 3.41. The van der Waals surface area contributed by atoms with Gasteiger partial charge < -0.3 is 14.1 Å². The number of ether oxygens (including phenoxy) is 1. The van der Waals surface area contributed by atoms with Crippen LogP contribution in [0.1, 0.15) is 29.5 Å². The van der Waals surface area contributed by atoms with Crippen molar-refractivity contribution in [2.24, 2.45) is 5.16 Å². The summed E-state index contributed by atoms with van der Waals surface area (Å²) in [6, 6.07) is 7.90. The fourth-order valence-corrected chi connectivity index (χ4v) is 2.14. The van der Waals surface area contributed by atoms with Crippen LogP contribution in [0.15, 0.2) is 33.9 Å². The first-order valence-electron chi connectivity index (χ1n) is 6.57. The third kappa shape index (κ3) is 2.66. The van der Waals surface area contributed by atoms with Crippen molar-refractivity contribution in [2.75, 3.05) is 6.61 Å². The molecule has 0 aliphatic carbocycles. The maximum absolute atomic E-state index is 5.48.